The number of likely N-dealkylation sites (tertiary alicyclic amines) is 1. The highest BCUT2D eigenvalue weighted by Gasteiger charge is 2.37. The van der Waals surface area contributed by atoms with Gasteiger partial charge >= 0.3 is 5.69 Å². The van der Waals surface area contributed by atoms with Gasteiger partial charge in [0, 0.05) is 89.0 Å². The van der Waals surface area contributed by atoms with Crippen LogP contribution in [0.25, 0.3) is 22.1 Å². The molecule has 3 aliphatic heterocycles. The van der Waals surface area contributed by atoms with Gasteiger partial charge in [0.15, 0.2) is 0 Å². The topological polar surface area (TPSA) is 177 Å². The molecular weight excluding hydrogens is 713 g/mol. The maximum atomic E-state index is 13.8. The SMILES string of the molecule is CN(C1CCN(Cc2cccc3c2n(C)c(=O)n3C2CCC(=O)NC2=O)CC1)S(=O)(=O)N1CCC(Nc2ncc3ccc(=O)n(C4CCCC4)c3n2)CC1. The molecule has 6 heterocycles. The number of rotatable bonds is 9. The molecule has 4 aliphatic rings. The van der Waals surface area contributed by atoms with Gasteiger partial charge in [-0.05, 0) is 62.6 Å². The van der Waals surface area contributed by atoms with Crippen molar-refractivity contribution in [3.8, 4) is 0 Å². The third-order valence-electron chi connectivity index (χ3n) is 12.0. The van der Waals surface area contributed by atoms with Crippen LogP contribution < -0.4 is 21.9 Å². The van der Waals surface area contributed by atoms with Gasteiger partial charge < -0.3 is 5.32 Å². The summed E-state index contributed by atoms with van der Waals surface area (Å²) in [6.07, 6.45) is 8.91. The van der Waals surface area contributed by atoms with Crippen molar-refractivity contribution >= 4 is 50.0 Å². The van der Waals surface area contributed by atoms with E-state index in [1.807, 2.05) is 22.8 Å². The van der Waals surface area contributed by atoms with E-state index in [0.717, 1.165) is 42.1 Å². The lowest BCUT2D eigenvalue weighted by Gasteiger charge is -2.39. The zero-order valence-corrected chi connectivity index (χ0v) is 31.6. The Labute approximate surface area is 313 Å². The minimum Gasteiger partial charge on any atom is -0.351 e. The van der Waals surface area contributed by atoms with Crippen molar-refractivity contribution in [2.45, 2.75) is 94.9 Å². The third-order valence-corrected chi connectivity index (χ3v) is 14.1. The van der Waals surface area contributed by atoms with Crippen molar-refractivity contribution in [2.24, 2.45) is 7.05 Å². The second-order valence-electron chi connectivity index (χ2n) is 15.3. The minimum atomic E-state index is -3.68. The van der Waals surface area contributed by atoms with Crippen LogP contribution in [-0.4, -0.2) is 103 Å². The Balaban J connectivity index is 0.874. The number of pyridine rings is 1. The molecule has 4 aromatic rings. The van der Waals surface area contributed by atoms with Crippen molar-refractivity contribution in [2.75, 3.05) is 38.5 Å². The number of aromatic nitrogens is 5. The second kappa shape index (κ2) is 14.7. The molecule has 0 spiro atoms. The van der Waals surface area contributed by atoms with Gasteiger partial charge in [0.1, 0.15) is 11.7 Å². The number of nitrogens with zero attached hydrogens (tertiary/aromatic N) is 8. The number of aryl methyl sites for hydroxylation is 1. The Morgan fingerprint density at radius 1 is 0.907 bits per heavy atom. The minimum absolute atomic E-state index is 0.00249. The van der Waals surface area contributed by atoms with Crippen LogP contribution in [0.4, 0.5) is 5.95 Å². The molecule has 3 saturated heterocycles. The Kier molecular flexibility index (Phi) is 9.91. The number of nitrogens with one attached hydrogen (secondary N) is 2. The first-order valence-corrected chi connectivity index (χ1v) is 20.5. The van der Waals surface area contributed by atoms with E-state index in [2.05, 4.69) is 20.5 Å². The van der Waals surface area contributed by atoms with Gasteiger partial charge in [0.2, 0.25) is 17.8 Å². The van der Waals surface area contributed by atoms with Crippen molar-refractivity contribution < 1.29 is 18.0 Å². The molecule has 4 fully saturated rings. The smallest absolute Gasteiger partial charge is 0.329 e. The maximum absolute atomic E-state index is 13.8. The fraction of sp³-hybridized carbons (Fsp3) is 0.568. The predicted octanol–water partition coefficient (Wildman–Crippen LogP) is 2.26. The summed E-state index contributed by atoms with van der Waals surface area (Å²) in [5.41, 5.74) is 2.66. The monoisotopic (exact) mass is 760 g/mol. The van der Waals surface area contributed by atoms with E-state index in [4.69, 9.17) is 4.98 Å². The normalized spacial score (nSPS) is 21.8. The van der Waals surface area contributed by atoms with Crippen LogP contribution in [0.1, 0.15) is 81.9 Å². The fourth-order valence-corrected chi connectivity index (χ4v) is 10.6. The summed E-state index contributed by atoms with van der Waals surface area (Å²) >= 11 is 0. The number of benzene rings is 1. The molecule has 0 radical (unpaired) electrons. The Morgan fingerprint density at radius 3 is 2.37 bits per heavy atom. The first kappa shape index (κ1) is 36.5. The average Bonchev–Trinajstić information content (AvgIpc) is 3.78. The molecule has 16 nitrogen and oxygen atoms in total. The van der Waals surface area contributed by atoms with Crippen molar-refractivity contribution in [3.63, 3.8) is 0 Å². The average molecular weight is 761 g/mol. The van der Waals surface area contributed by atoms with Crippen LogP contribution in [0.3, 0.4) is 0 Å². The largest absolute Gasteiger partial charge is 0.351 e. The van der Waals surface area contributed by atoms with Gasteiger partial charge in [-0.2, -0.15) is 22.0 Å². The zero-order chi connectivity index (χ0) is 37.7. The second-order valence-corrected chi connectivity index (χ2v) is 17.3. The quantitative estimate of drug-likeness (QED) is 0.241. The Bertz CT molecular complexity index is 2310. The summed E-state index contributed by atoms with van der Waals surface area (Å²) in [6.45, 7) is 2.72. The van der Waals surface area contributed by atoms with Crippen LogP contribution in [-0.2, 0) is 33.4 Å². The summed E-state index contributed by atoms with van der Waals surface area (Å²) < 4.78 is 35.7. The summed E-state index contributed by atoms with van der Waals surface area (Å²) in [7, 11) is -0.297. The summed E-state index contributed by atoms with van der Waals surface area (Å²) in [6, 6.07) is 8.34. The number of hydrogen-bond acceptors (Lipinski definition) is 10. The van der Waals surface area contributed by atoms with E-state index < -0.39 is 22.2 Å². The van der Waals surface area contributed by atoms with E-state index in [-0.39, 0.29) is 48.1 Å². The number of piperidine rings is 3. The summed E-state index contributed by atoms with van der Waals surface area (Å²) in [5, 5.41) is 6.60. The lowest BCUT2D eigenvalue weighted by atomic mass is 10.0. The van der Waals surface area contributed by atoms with Crippen LogP contribution in [0.15, 0.2) is 46.1 Å². The number of para-hydroxylation sites is 1. The molecule has 1 unspecified atom stereocenters. The Hall–Kier alpha value is -4.45. The van der Waals surface area contributed by atoms with E-state index in [1.54, 1.807) is 41.3 Å². The van der Waals surface area contributed by atoms with E-state index in [0.29, 0.717) is 75.5 Å². The molecular formula is C37H48N10O6S. The van der Waals surface area contributed by atoms with Gasteiger partial charge in [-0.3, -0.25) is 38.3 Å². The van der Waals surface area contributed by atoms with Gasteiger partial charge in [0.05, 0.1) is 11.0 Å². The van der Waals surface area contributed by atoms with Crippen molar-refractivity contribution in [3.05, 3.63) is 62.9 Å². The molecule has 2 N–H and O–H groups in total. The maximum Gasteiger partial charge on any atom is 0.329 e. The first-order valence-electron chi connectivity index (χ1n) is 19.1. The first-order chi connectivity index (χ1) is 26.0. The van der Waals surface area contributed by atoms with Crippen LogP contribution in [0.2, 0.25) is 0 Å². The van der Waals surface area contributed by atoms with Crippen LogP contribution >= 0.6 is 0 Å². The van der Waals surface area contributed by atoms with Crippen LogP contribution in [0, 0.1) is 0 Å². The number of carbonyl (C=O) groups is 2. The molecule has 288 valence electrons. The molecule has 54 heavy (non-hydrogen) atoms. The summed E-state index contributed by atoms with van der Waals surface area (Å²) in [5.74, 6) is -0.335. The molecule has 8 rings (SSSR count). The summed E-state index contributed by atoms with van der Waals surface area (Å²) in [4.78, 5) is 62.2. The molecule has 2 amide bonds. The van der Waals surface area contributed by atoms with E-state index >= 15 is 0 Å². The van der Waals surface area contributed by atoms with Gasteiger partial charge in [0.25, 0.3) is 15.8 Å². The highest BCUT2D eigenvalue weighted by molar-refractivity contribution is 7.86. The molecule has 1 aliphatic carbocycles. The third kappa shape index (κ3) is 6.75. The van der Waals surface area contributed by atoms with Crippen molar-refractivity contribution in [1.29, 1.82) is 0 Å². The molecule has 1 atom stereocenters. The number of amides is 2. The molecule has 1 aromatic carbocycles. The zero-order valence-electron chi connectivity index (χ0n) is 30.8. The lowest BCUT2D eigenvalue weighted by molar-refractivity contribution is -0.135. The molecule has 3 aromatic heterocycles. The molecule has 17 heteroatoms. The number of imidazole rings is 1. The number of fused-ring (bicyclic) bond motifs is 2. The van der Waals surface area contributed by atoms with Gasteiger partial charge in [-0.25, -0.2) is 9.78 Å². The molecule has 0 bridgehead atoms. The Morgan fingerprint density at radius 2 is 1.65 bits per heavy atom. The highest BCUT2D eigenvalue weighted by Crippen LogP contribution is 2.31. The number of hydrogen-bond donors (Lipinski definition) is 2. The van der Waals surface area contributed by atoms with E-state index in [1.165, 1.54) is 8.87 Å². The number of anilines is 1. The van der Waals surface area contributed by atoms with Crippen LogP contribution in [0.5, 0.6) is 0 Å². The van der Waals surface area contributed by atoms with Gasteiger partial charge in [-0.15, -0.1) is 0 Å². The number of imide groups is 1. The highest BCUT2D eigenvalue weighted by atomic mass is 32.2. The fourth-order valence-electron chi connectivity index (χ4n) is 8.97. The lowest BCUT2D eigenvalue weighted by Crippen LogP contribution is -2.52. The van der Waals surface area contributed by atoms with Gasteiger partial charge in [-0.1, -0.05) is 25.0 Å². The molecule has 1 saturated carbocycles. The number of carbonyl (C=O) groups excluding carboxylic acids is 2. The predicted molar refractivity (Wildman–Crippen MR) is 203 cm³/mol. The van der Waals surface area contributed by atoms with Crippen molar-refractivity contribution in [1.82, 2.24) is 42.5 Å². The van der Waals surface area contributed by atoms with E-state index in [9.17, 15) is 27.6 Å². The standard InChI is InChI=1S/C37H48N10O6S/c1-42-33-25(6-5-9-29(33)47(37(42)51)30-11-12-31(48)40-35(30)50)23-44-18-16-27(17-19-44)43(2)54(52,53)45-20-14-26(15-21-45)39-36-38-22-24-10-13-32(49)46(34(24)41-36)28-7-3-4-8-28/h5-6,9-10,13,22,26-28,30H,3-4,7-8,11-12,14-21,23H2,1-2H3,(H,38,39,41)(H,40,48,50).